The molecule has 4 aromatic carbocycles. The first-order valence-corrected chi connectivity index (χ1v) is 15.5. The predicted molar refractivity (Wildman–Crippen MR) is 191 cm³/mol. The Hall–Kier alpha value is -4.39. The molecule has 1 aliphatic heterocycles. The quantitative estimate of drug-likeness (QED) is 0.137. The fourth-order valence-electron chi connectivity index (χ4n) is 5.79. The molecule has 3 heteroatoms. The highest BCUT2D eigenvalue weighted by Crippen LogP contribution is 2.34. The SMILES string of the molecule is C.C=CC1(N(C)Cc2ccc(-c3cc(-c4ccccc4)ccc3C#N)cc2)CCN(c2ccccc2)CC1.C=CCCCC. The van der Waals surface area contributed by atoms with Gasteiger partial charge in [0.1, 0.15) is 0 Å². The predicted octanol–water partition coefficient (Wildman–Crippen LogP) is 10.5. The summed E-state index contributed by atoms with van der Waals surface area (Å²) in [5.74, 6) is 0. The maximum Gasteiger partial charge on any atom is 0.0998 e. The first kappa shape index (κ1) is 34.1. The van der Waals surface area contributed by atoms with Crippen LogP contribution in [0.25, 0.3) is 22.3 Å². The van der Waals surface area contributed by atoms with Crippen LogP contribution in [0.5, 0.6) is 0 Å². The van der Waals surface area contributed by atoms with Crippen LogP contribution < -0.4 is 4.90 Å². The molecule has 0 unspecified atom stereocenters. The van der Waals surface area contributed by atoms with Crippen molar-refractivity contribution in [2.24, 2.45) is 0 Å². The Labute approximate surface area is 266 Å². The molecule has 0 saturated carbocycles. The van der Waals surface area contributed by atoms with E-state index in [1.807, 2.05) is 36.4 Å². The summed E-state index contributed by atoms with van der Waals surface area (Å²) in [5, 5.41) is 9.74. The molecule has 5 rings (SSSR count). The van der Waals surface area contributed by atoms with Crippen molar-refractivity contribution >= 4 is 5.69 Å². The number of anilines is 1. The summed E-state index contributed by atoms with van der Waals surface area (Å²) in [5.41, 5.74) is 7.55. The highest BCUT2D eigenvalue weighted by atomic mass is 15.2. The Balaban J connectivity index is 0.000000689. The largest absolute Gasteiger partial charge is 0.371 e. The summed E-state index contributed by atoms with van der Waals surface area (Å²) in [6.07, 6.45) is 9.98. The van der Waals surface area contributed by atoms with Gasteiger partial charge in [-0.1, -0.05) is 118 Å². The lowest BCUT2D eigenvalue weighted by Crippen LogP contribution is -2.52. The number of benzene rings is 4. The lowest BCUT2D eigenvalue weighted by molar-refractivity contribution is 0.128. The third kappa shape index (κ3) is 8.59. The van der Waals surface area contributed by atoms with Gasteiger partial charge in [-0.15, -0.1) is 13.2 Å². The van der Waals surface area contributed by atoms with Crippen LogP contribution >= 0.6 is 0 Å². The third-order valence-corrected chi connectivity index (χ3v) is 8.58. The smallest absolute Gasteiger partial charge is 0.0998 e. The maximum atomic E-state index is 9.74. The molecule has 0 aromatic heterocycles. The maximum absolute atomic E-state index is 9.74. The molecule has 1 fully saturated rings. The first-order valence-electron chi connectivity index (χ1n) is 15.5. The molecule has 0 radical (unpaired) electrons. The molecule has 1 heterocycles. The summed E-state index contributed by atoms with van der Waals surface area (Å²) in [4.78, 5) is 4.93. The zero-order chi connectivity index (χ0) is 30.5. The van der Waals surface area contributed by atoms with Crippen molar-refractivity contribution in [2.45, 2.75) is 58.5 Å². The van der Waals surface area contributed by atoms with Gasteiger partial charge in [0.05, 0.1) is 11.6 Å². The van der Waals surface area contributed by atoms with E-state index in [4.69, 9.17) is 0 Å². The van der Waals surface area contributed by atoms with Crippen molar-refractivity contribution in [3.8, 4) is 28.3 Å². The van der Waals surface area contributed by atoms with Crippen LogP contribution in [-0.4, -0.2) is 30.6 Å². The van der Waals surface area contributed by atoms with E-state index in [2.05, 4.69) is 122 Å². The lowest BCUT2D eigenvalue weighted by atomic mass is 9.85. The topological polar surface area (TPSA) is 30.3 Å². The Morgan fingerprint density at radius 3 is 2.00 bits per heavy atom. The highest BCUT2D eigenvalue weighted by molar-refractivity contribution is 5.77. The molecule has 44 heavy (non-hydrogen) atoms. The molecule has 0 bridgehead atoms. The molecule has 3 nitrogen and oxygen atoms in total. The minimum Gasteiger partial charge on any atom is -0.371 e. The molecule has 0 amide bonds. The number of piperidine rings is 1. The van der Waals surface area contributed by atoms with Gasteiger partial charge >= 0.3 is 0 Å². The molecule has 1 aliphatic rings. The number of para-hydroxylation sites is 1. The van der Waals surface area contributed by atoms with Crippen LogP contribution in [0.2, 0.25) is 0 Å². The molecular weight excluding hydrogens is 534 g/mol. The highest BCUT2D eigenvalue weighted by Gasteiger charge is 2.35. The fraction of sp³-hybridized carbons (Fsp3) is 0.293. The number of nitrogens with zero attached hydrogens (tertiary/aromatic N) is 3. The van der Waals surface area contributed by atoms with E-state index in [9.17, 15) is 5.26 Å². The molecule has 0 N–H and O–H groups in total. The number of likely N-dealkylation sites (N-methyl/N-ethyl adjacent to an activating group) is 1. The Bertz CT molecular complexity index is 1470. The zero-order valence-corrected chi connectivity index (χ0v) is 25.9. The summed E-state index contributed by atoms with van der Waals surface area (Å²) in [6, 6.07) is 38.1. The van der Waals surface area contributed by atoms with Gasteiger partial charge in [0.2, 0.25) is 0 Å². The van der Waals surface area contributed by atoms with Gasteiger partial charge < -0.3 is 4.90 Å². The van der Waals surface area contributed by atoms with Gasteiger partial charge in [0.15, 0.2) is 0 Å². The number of unbranched alkanes of at least 4 members (excludes halogenated alkanes) is 2. The fourth-order valence-corrected chi connectivity index (χ4v) is 5.79. The third-order valence-electron chi connectivity index (χ3n) is 8.58. The number of allylic oxidation sites excluding steroid dienone is 1. The summed E-state index contributed by atoms with van der Waals surface area (Å²) in [6.45, 7) is 12.9. The van der Waals surface area contributed by atoms with Crippen molar-refractivity contribution in [1.29, 1.82) is 5.26 Å². The average Bonchev–Trinajstić information content (AvgIpc) is 3.08. The first-order chi connectivity index (χ1) is 21.0. The summed E-state index contributed by atoms with van der Waals surface area (Å²) < 4.78 is 0. The molecule has 0 aliphatic carbocycles. The summed E-state index contributed by atoms with van der Waals surface area (Å²) in [7, 11) is 2.21. The molecule has 228 valence electrons. The second-order valence-corrected chi connectivity index (χ2v) is 11.4. The van der Waals surface area contributed by atoms with Crippen molar-refractivity contribution in [3.63, 3.8) is 0 Å². The Kier molecular flexibility index (Phi) is 13.2. The van der Waals surface area contributed by atoms with Crippen molar-refractivity contribution in [3.05, 3.63) is 140 Å². The second kappa shape index (κ2) is 17.0. The number of hydrogen-bond donors (Lipinski definition) is 0. The van der Waals surface area contributed by atoms with Crippen LogP contribution in [0.15, 0.2) is 128 Å². The van der Waals surface area contributed by atoms with E-state index in [-0.39, 0.29) is 13.0 Å². The number of nitriles is 1. The van der Waals surface area contributed by atoms with Crippen LogP contribution in [0.3, 0.4) is 0 Å². The van der Waals surface area contributed by atoms with Crippen LogP contribution in [-0.2, 0) is 6.54 Å². The lowest BCUT2D eigenvalue weighted by Gasteiger charge is -2.46. The van der Waals surface area contributed by atoms with Crippen LogP contribution in [0.4, 0.5) is 5.69 Å². The molecular formula is C41H49N3. The van der Waals surface area contributed by atoms with E-state index < -0.39 is 0 Å². The van der Waals surface area contributed by atoms with Crippen molar-refractivity contribution in [2.75, 3.05) is 25.0 Å². The molecule has 4 aromatic rings. The Morgan fingerprint density at radius 1 is 0.841 bits per heavy atom. The van der Waals surface area contributed by atoms with Gasteiger partial charge in [-0.25, -0.2) is 0 Å². The van der Waals surface area contributed by atoms with E-state index >= 15 is 0 Å². The standard InChI is InChI=1S/C34H33N3.C6H12.CH4/c1-3-34(20-22-37(23-21-34)32-12-8-5-9-13-32)36(2)26-27-14-16-29(17-15-27)33-24-30(18-19-31(33)25-35)28-10-6-4-7-11-28;1-3-5-6-4-2;/h3-19,24H,1,20-23,26H2,2H3;3H,1,4-6H2,2H3;1H4. The van der Waals surface area contributed by atoms with Gasteiger partial charge in [-0.05, 0) is 72.8 Å². The van der Waals surface area contributed by atoms with Gasteiger partial charge in [0.25, 0.3) is 0 Å². The van der Waals surface area contributed by atoms with Crippen molar-refractivity contribution in [1.82, 2.24) is 4.90 Å². The van der Waals surface area contributed by atoms with Gasteiger partial charge in [0, 0.05) is 36.4 Å². The van der Waals surface area contributed by atoms with E-state index in [0.717, 1.165) is 54.7 Å². The Morgan fingerprint density at radius 2 is 1.45 bits per heavy atom. The van der Waals surface area contributed by atoms with Crippen LogP contribution in [0, 0.1) is 11.3 Å². The minimum absolute atomic E-state index is 0. The molecule has 0 spiro atoms. The normalized spacial score (nSPS) is 13.5. The van der Waals surface area contributed by atoms with Crippen molar-refractivity contribution < 1.29 is 0 Å². The van der Waals surface area contributed by atoms with Gasteiger partial charge in [-0.2, -0.15) is 5.26 Å². The summed E-state index contributed by atoms with van der Waals surface area (Å²) >= 11 is 0. The van der Waals surface area contributed by atoms with E-state index in [1.165, 1.54) is 30.5 Å². The minimum atomic E-state index is -0.0120. The van der Waals surface area contributed by atoms with Crippen LogP contribution in [0.1, 0.15) is 57.6 Å². The number of hydrogen-bond acceptors (Lipinski definition) is 3. The van der Waals surface area contributed by atoms with Gasteiger partial charge in [-0.3, -0.25) is 4.90 Å². The molecule has 0 atom stereocenters. The number of rotatable bonds is 10. The second-order valence-electron chi connectivity index (χ2n) is 11.4. The zero-order valence-electron chi connectivity index (χ0n) is 25.9. The average molecular weight is 584 g/mol. The molecule has 1 saturated heterocycles. The monoisotopic (exact) mass is 583 g/mol. The van der Waals surface area contributed by atoms with E-state index in [0.29, 0.717) is 5.56 Å². The van der Waals surface area contributed by atoms with E-state index in [1.54, 1.807) is 0 Å².